The maximum absolute atomic E-state index is 12.4. The Morgan fingerprint density at radius 1 is 1.31 bits per heavy atom. The number of hydrogen-bond acceptors (Lipinski definition) is 7. The van der Waals surface area contributed by atoms with Crippen molar-refractivity contribution in [2.45, 2.75) is 43.4 Å². The number of nitrogens with zero attached hydrogens (tertiary/aromatic N) is 4. The Balaban J connectivity index is 1.62. The zero-order chi connectivity index (χ0) is 18.5. The smallest absolute Gasteiger partial charge is 0.282 e. The van der Waals surface area contributed by atoms with E-state index in [9.17, 15) is 14.9 Å². The monoisotopic (exact) mass is 376 g/mol. The van der Waals surface area contributed by atoms with Gasteiger partial charge in [-0.25, -0.2) is 0 Å². The van der Waals surface area contributed by atoms with E-state index in [-0.39, 0.29) is 34.0 Å². The van der Waals surface area contributed by atoms with Crippen LogP contribution < -0.4 is 0 Å². The zero-order valence-corrected chi connectivity index (χ0v) is 15.3. The quantitative estimate of drug-likeness (QED) is 0.432. The molecule has 0 radical (unpaired) electrons. The SMILES string of the molecule is CN(C(=O)CSc1nnc(-c2ccccc2[N+](=O)[O-])o1)C1CCCCC1. The van der Waals surface area contributed by atoms with Crippen molar-refractivity contribution in [1.82, 2.24) is 15.1 Å². The number of aromatic nitrogens is 2. The van der Waals surface area contributed by atoms with E-state index in [4.69, 9.17) is 4.42 Å². The summed E-state index contributed by atoms with van der Waals surface area (Å²) in [5.41, 5.74) is 0.170. The molecule has 9 heteroatoms. The summed E-state index contributed by atoms with van der Waals surface area (Å²) in [4.78, 5) is 24.8. The van der Waals surface area contributed by atoms with Crippen LogP contribution in [0.3, 0.4) is 0 Å². The third-order valence-corrected chi connectivity index (χ3v) is 5.38. The van der Waals surface area contributed by atoms with Crippen LogP contribution in [0.25, 0.3) is 11.5 Å². The van der Waals surface area contributed by atoms with E-state index in [0.717, 1.165) is 37.4 Å². The van der Waals surface area contributed by atoms with Crippen LogP contribution in [0, 0.1) is 10.1 Å². The maximum Gasteiger partial charge on any atom is 0.282 e. The van der Waals surface area contributed by atoms with Gasteiger partial charge in [-0.1, -0.05) is 43.2 Å². The average Bonchev–Trinajstić information content (AvgIpc) is 3.15. The third-order valence-electron chi connectivity index (χ3n) is 4.57. The molecule has 0 unspecified atom stereocenters. The summed E-state index contributed by atoms with van der Waals surface area (Å²) in [6.07, 6.45) is 5.67. The van der Waals surface area contributed by atoms with E-state index in [1.54, 1.807) is 18.2 Å². The Hall–Kier alpha value is -2.42. The Morgan fingerprint density at radius 2 is 2.04 bits per heavy atom. The van der Waals surface area contributed by atoms with Gasteiger partial charge in [0.2, 0.25) is 5.91 Å². The molecule has 0 bridgehead atoms. The second-order valence-corrected chi connectivity index (χ2v) is 7.16. The van der Waals surface area contributed by atoms with Crippen molar-refractivity contribution in [3.8, 4) is 11.5 Å². The number of carbonyl (C=O) groups is 1. The number of nitro benzene ring substituents is 1. The Labute approximate surface area is 155 Å². The van der Waals surface area contributed by atoms with Crippen LogP contribution in [0.4, 0.5) is 5.69 Å². The van der Waals surface area contributed by atoms with Gasteiger partial charge in [0.15, 0.2) is 0 Å². The lowest BCUT2D eigenvalue weighted by atomic mass is 9.94. The topological polar surface area (TPSA) is 102 Å². The summed E-state index contributed by atoms with van der Waals surface area (Å²) in [5.74, 6) is 0.297. The standard InChI is InChI=1S/C17H20N4O4S/c1-20(12-7-3-2-4-8-12)15(22)11-26-17-19-18-16(25-17)13-9-5-6-10-14(13)21(23)24/h5-6,9-10,12H,2-4,7-8,11H2,1H3. The van der Waals surface area contributed by atoms with Gasteiger partial charge in [-0.3, -0.25) is 14.9 Å². The molecule has 1 aliphatic carbocycles. The summed E-state index contributed by atoms with van der Waals surface area (Å²) in [6.45, 7) is 0. The molecule has 1 fully saturated rings. The molecule has 0 atom stereocenters. The second-order valence-electron chi connectivity index (χ2n) is 6.23. The molecule has 0 spiro atoms. The van der Waals surface area contributed by atoms with Gasteiger partial charge in [0.25, 0.3) is 16.8 Å². The van der Waals surface area contributed by atoms with Crippen LogP contribution in [0.2, 0.25) is 0 Å². The minimum atomic E-state index is -0.491. The highest BCUT2D eigenvalue weighted by Crippen LogP contribution is 2.30. The summed E-state index contributed by atoms with van der Waals surface area (Å²) < 4.78 is 5.50. The van der Waals surface area contributed by atoms with Gasteiger partial charge in [0.05, 0.1) is 10.7 Å². The number of carbonyl (C=O) groups excluding carboxylic acids is 1. The van der Waals surface area contributed by atoms with Crippen molar-refractivity contribution >= 4 is 23.4 Å². The minimum Gasteiger partial charge on any atom is -0.411 e. The Morgan fingerprint density at radius 3 is 2.77 bits per heavy atom. The maximum atomic E-state index is 12.4. The van der Waals surface area contributed by atoms with E-state index in [1.165, 1.54) is 12.5 Å². The molecule has 1 aromatic carbocycles. The summed E-state index contributed by atoms with van der Waals surface area (Å²) >= 11 is 1.15. The molecule has 2 aromatic rings. The molecular weight excluding hydrogens is 356 g/mol. The molecule has 1 amide bonds. The van der Waals surface area contributed by atoms with Crippen LogP contribution in [0.1, 0.15) is 32.1 Å². The zero-order valence-electron chi connectivity index (χ0n) is 14.5. The van der Waals surface area contributed by atoms with E-state index in [0.29, 0.717) is 6.04 Å². The highest BCUT2D eigenvalue weighted by atomic mass is 32.2. The number of para-hydroxylation sites is 1. The van der Waals surface area contributed by atoms with Gasteiger partial charge in [-0.2, -0.15) is 0 Å². The molecule has 1 aromatic heterocycles. The van der Waals surface area contributed by atoms with Gasteiger partial charge in [-0.15, -0.1) is 10.2 Å². The van der Waals surface area contributed by atoms with Gasteiger partial charge in [0.1, 0.15) is 5.56 Å². The third kappa shape index (κ3) is 4.21. The molecule has 0 aliphatic heterocycles. The molecule has 3 rings (SSSR count). The van der Waals surface area contributed by atoms with E-state index in [1.807, 2.05) is 11.9 Å². The number of rotatable bonds is 6. The van der Waals surface area contributed by atoms with Crippen LogP contribution in [-0.2, 0) is 4.79 Å². The Kier molecular flexibility index (Phi) is 5.87. The van der Waals surface area contributed by atoms with Gasteiger partial charge in [0, 0.05) is 19.2 Å². The van der Waals surface area contributed by atoms with E-state index >= 15 is 0 Å². The van der Waals surface area contributed by atoms with Gasteiger partial charge >= 0.3 is 0 Å². The highest BCUT2D eigenvalue weighted by Gasteiger charge is 2.23. The van der Waals surface area contributed by atoms with Crippen LogP contribution in [-0.4, -0.2) is 44.8 Å². The van der Waals surface area contributed by atoms with Crippen molar-refractivity contribution in [2.75, 3.05) is 12.8 Å². The summed E-state index contributed by atoms with van der Waals surface area (Å²) in [6, 6.07) is 6.49. The first-order valence-corrected chi connectivity index (χ1v) is 9.50. The Bertz CT molecular complexity index is 789. The molecule has 26 heavy (non-hydrogen) atoms. The fraction of sp³-hybridized carbons (Fsp3) is 0.471. The number of nitro groups is 1. The van der Waals surface area contributed by atoms with Crippen molar-refractivity contribution < 1.29 is 14.1 Å². The molecule has 1 saturated carbocycles. The number of amides is 1. The normalized spacial score (nSPS) is 15.0. The lowest BCUT2D eigenvalue weighted by molar-refractivity contribution is -0.384. The second kappa shape index (κ2) is 8.31. The first-order chi connectivity index (χ1) is 12.6. The molecule has 1 heterocycles. The molecule has 0 saturated heterocycles. The highest BCUT2D eigenvalue weighted by molar-refractivity contribution is 7.99. The molecule has 8 nitrogen and oxygen atoms in total. The van der Waals surface area contributed by atoms with Crippen molar-refractivity contribution in [3.05, 3.63) is 34.4 Å². The number of benzene rings is 1. The lowest BCUT2D eigenvalue weighted by Crippen LogP contribution is -2.39. The molecular formula is C17H20N4O4S. The van der Waals surface area contributed by atoms with E-state index < -0.39 is 4.92 Å². The van der Waals surface area contributed by atoms with Crippen molar-refractivity contribution in [2.24, 2.45) is 0 Å². The predicted molar refractivity (Wildman–Crippen MR) is 96.8 cm³/mol. The van der Waals surface area contributed by atoms with E-state index in [2.05, 4.69) is 10.2 Å². The minimum absolute atomic E-state index is 0.0207. The molecule has 1 aliphatic rings. The van der Waals surface area contributed by atoms with Crippen LogP contribution >= 0.6 is 11.8 Å². The van der Waals surface area contributed by atoms with Gasteiger partial charge < -0.3 is 9.32 Å². The molecule has 138 valence electrons. The van der Waals surface area contributed by atoms with Crippen molar-refractivity contribution in [1.29, 1.82) is 0 Å². The van der Waals surface area contributed by atoms with Crippen LogP contribution in [0.5, 0.6) is 0 Å². The number of thioether (sulfide) groups is 1. The largest absolute Gasteiger partial charge is 0.411 e. The van der Waals surface area contributed by atoms with Crippen LogP contribution in [0.15, 0.2) is 33.9 Å². The fourth-order valence-electron chi connectivity index (χ4n) is 3.09. The lowest BCUT2D eigenvalue weighted by Gasteiger charge is -2.31. The van der Waals surface area contributed by atoms with Crippen molar-refractivity contribution in [3.63, 3.8) is 0 Å². The molecule has 0 N–H and O–H groups in total. The summed E-state index contributed by atoms with van der Waals surface area (Å²) in [7, 11) is 1.84. The average molecular weight is 376 g/mol. The number of hydrogen-bond donors (Lipinski definition) is 0. The first-order valence-electron chi connectivity index (χ1n) is 8.52. The first kappa shape index (κ1) is 18.4. The summed E-state index contributed by atoms with van der Waals surface area (Å²) in [5, 5.41) is 19.1. The fourth-order valence-corrected chi connectivity index (χ4v) is 3.77. The van der Waals surface area contributed by atoms with Gasteiger partial charge in [-0.05, 0) is 18.9 Å². The predicted octanol–water partition coefficient (Wildman–Crippen LogP) is 3.53.